The average Bonchev–Trinajstić information content (AvgIpc) is 3.23. The zero-order valence-corrected chi connectivity index (χ0v) is 14.5. The largest absolute Gasteiger partial charge is 0.329 e. The fourth-order valence-corrected chi connectivity index (χ4v) is 4.38. The van der Waals surface area contributed by atoms with Crippen molar-refractivity contribution in [1.82, 2.24) is 4.31 Å². The lowest BCUT2D eigenvalue weighted by molar-refractivity contribution is 0.340. The maximum atomic E-state index is 12.6. The topological polar surface area (TPSA) is 124 Å². The highest BCUT2D eigenvalue weighted by molar-refractivity contribution is 7.90. The molecule has 1 aliphatic rings. The molecule has 1 atom stereocenters. The summed E-state index contributed by atoms with van der Waals surface area (Å²) in [5, 5.41) is 5.03. The quantitative estimate of drug-likeness (QED) is 0.736. The van der Waals surface area contributed by atoms with Gasteiger partial charge < -0.3 is 5.73 Å². The van der Waals surface area contributed by atoms with Crippen molar-refractivity contribution in [2.75, 3.05) is 13.6 Å². The van der Waals surface area contributed by atoms with Crippen molar-refractivity contribution >= 4 is 32.5 Å². The van der Waals surface area contributed by atoms with Crippen LogP contribution in [0.15, 0.2) is 34.1 Å². The van der Waals surface area contributed by atoms with Crippen LogP contribution in [0.5, 0.6) is 0 Å². The highest BCUT2D eigenvalue weighted by Gasteiger charge is 2.38. The number of hydrogen-bond acceptors (Lipinski definition) is 5. The van der Waals surface area contributed by atoms with E-state index in [1.54, 1.807) is 0 Å². The lowest BCUT2D eigenvalue weighted by Crippen LogP contribution is -2.43. The number of likely N-dealkylation sites (N-methyl/N-ethyl adjacent to an activating group) is 1. The normalized spacial score (nSPS) is 17.1. The molecule has 0 amide bonds. The van der Waals surface area contributed by atoms with Gasteiger partial charge in [-0.1, -0.05) is 6.07 Å². The molecule has 0 aliphatic heterocycles. The summed E-state index contributed by atoms with van der Waals surface area (Å²) in [6.45, 7) is 0.231. The molecule has 7 nitrogen and oxygen atoms in total. The predicted molar refractivity (Wildman–Crippen MR) is 85.6 cm³/mol. The van der Waals surface area contributed by atoms with E-state index in [-0.39, 0.29) is 40.7 Å². The molecule has 22 heavy (non-hydrogen) atoms. The van der Waals surface area contributed by atoms with Gasteiger partial charge in [-0.2, -0.15) is 4.31 Å². The van der Waals surface area contributed by atoms with E-state index in [4.69, 9.17) is 10.9 Å². The van der Waals surface area contributed by atoms with Crippen LogP contribution in [0.4, 0.5) is 0 Å². The minimum atomic E-state index is -3.95. The van der Waals surface area contributed by atoms with Gasteiger partial charge >= 0.3 is 0 Å². The van der Waals surface area contributed by atoms with Gasteiger partial charge in [-0.15, -0.1) is 12.4 Å². The van der Waals surface area contributed by atoms with Crippen LogP contribution in [0.1, 0.15) is 12.8 Å². The molecule has 0 radical (unpaired) electrons. The molecule has 10 heteroatoms. The summed E-state index contributed by atoms with van der Waals surface area (Å²) >= 11 is 0. The third-order valence-electron chi connectivity index (χ3n) is 3.69. The Morgan fingerprint density at radius 1 is 1.23 bits per heavy atom. The summed E-state index contributed by atoms with van der Waals surface area (Å²) in [4.78, 5) is -0.330. The molecule has 0 heterocycles. The first-order chi connectivity index (χ1) is 9.67. The van der Waals surface area contributed by atoms with E-state index in [1.807, 2.05) is 0 Å². The van der Waals surface area contributed by atoms with E-state index in [9.17, 15) is 16.8 Å². The molecular formula is C12H20ClN3O4S2. The van der Waals surface area contributed by atoms with Crippen molar-refractivity contribution in [2.24, 2.45) is 16.8 Å². The van der Waals surface area contributed by atoms with Crippen molar-refractivity contribution in [3.63, 3.8) is 0 Å². The maximum absolute atomic E-state index is 12.6. The highest BCUT2D eigenvalue weighted by atomic mass is 35.5. The average molecular weight is 370 g/mol. The van der Waals surface area contributed by atoms with Crippen molar-refractivity contribution in [3.05, 3.63) is 24.3 Å². The molecule has 0 bridgehead atoms. The lowest BCUT2D eigenvalue weighted by atomic mass is 10.2. The third-order valence-corrected chi connectivity index (χ3v) is 6.48. The van der Waals surface area contributed by atoms with E-state index < -0.39 is 20.0 Å². The Labute approximate surface area is 137 Å². The number of hydrogen-bond donors (Lipinski definition) is 2. The number of nitrogens with zero attached hydrogens (tertiary/aromatic N) is 1. The molecule has 1 unspecified atom stereocenters. The van der Waals surface area contributed by atoms with Crippen LogP contribution in [0.3, 0.4) is 0 Å². The molecule has 1 saturated carbocycles. The summed E-state index contributed by atoms with van der Waals surface area (Å²) in [6, 6.07) is 4.76. The van der Waals surface area contributed by atoms with Crippen LogP contribution in [-0.4, -0.2) is 40.8 Å². The Morgan fingerprint density at radius 3 is 2.23 bits per heavy atom. The minimum absolute atomic E-state index is 0. The molecule has 126 valence electrons. The van der Waals surface area contributed by atoms with Crippen molar-refractivity contribution in [1.29, 1.82) is 0 Å². The Kier molecular flexibility index (Phi) is 5.99. The monoisotopic (exact) mass is 369 g/mol. The second-order valence-electron chi connectivity index (χ2n) is 5.18. The molecule has 4 N–H and O–H groups in total. The molecule has 1 aliphatic carbocycles. The molecular weight excluding hydrogens is 350 g/mol. The Morgan fingerprint density at radius 2 is 1.77 bits per heavy atom. The minimum Gasteiger partial charge on any atom is -0.329 e. The van der Waals surface area contributed by atoms with Gasteiger partial charge in [0, 0.05) is 19.6 Å². The number of benzene rings is 1. The first-order valence-electron chi connectivity index (χ1n) is 6.49. The van der Waals surface area contributed by atoms with E-state index in [2.05, 4.69) is 0 Å². The van der Waals surface area contributed by atoms with Gasteiger partial charge in [0.2, 0.25) is 20.0 Å². The Bertz CT molecular complexity index is 732. The van der Waals surface area contributed by atoms with Gasteiger partial charge in [0.15, 0.2) is 0 Å². The van der Waals surface area contributed by atoms with Crippen LogP contribution >= 0.6 is 12.4 Å². The Balaban J connectivity index is 0.00000242. The van der Waals surface area contributed by atoms with Crippen LogP contribution in [0.2, 0.25) is 0 Å². The van der Waals surface area contributed by atoms with Crippen molar-refractivity contribution in [3.8, 4) is 0 Å². The molecule has 0 aromatic heterocycles. The first kappa shape index (κ1) is 19.3. The van der Waals surface area contributed by atoms with Crippen LogP contribution < -0.4 is 10.9 Å². The second-order valence-corrected chi connectivity index (χ2v) is 8.74. The number of rotatable bonds is 6. The molecule has 0 saturated heterocycles. The van der Waals surface area contributed by atoms with Crippen LogP contribution in [-0.2, 0) is 20.0 Å². The van der Waals surface area contributed by atoms with Crippen molar-refractivity contribution in [2.45, 2.75) is 28.7 Å². The van der Waals surface area contributed by atoms with Gasteiger partial charge in [-0.05, 0) is 37.0 Å². The number of primary sulfonamides is 1. The third kappa shape index (κ3) is 3.98. The zero-order chi connectivity index (χ0) is 15.8. The van der Waals surface area contributed by atoms with Gasteiger partial charge in [-0.3, -0.25) is 0 Å². The lowest BCUT2D eigenvalue weighted by Gasteiger charge is -2.26. The number of nitrogens with two attached hydrogens (primary N) is 2. The highest BCUT2D eigenvalue weighted by Crippen LogP contribution is 2.36. The van der Waals surface area contributed by atoms with Crippen LogP contribution in [0, 0.1) is 5.92 Å². The molecule has 1 fully saturated rings. The number of sulfonamides is 2. The SMILES string of the molecule is CN(C(CN)C1CC1)S(=O)(=O)c1cccc(S(N)(=O)=O)c1.Cl. The Hall–Kier alpha value is -0.710. The van der Waals surface area contributed by atoms with Gasteiger partial charge in [0.1, 0.15) is 0 Å². The summed E-state index contributed by atoms with van der Waals surface area (Å²) in [7, 11) is -6.29. The van der Waals surface area contributed by atoms with Gasteiger partial charge in [0.05, 0.1) is 9.79 Å². The first-order valence-corrected chi connectivity index (χ1v) is 9.47. The fraction of sp³-hybridized carbons (Fsp3) is 0.500. The fourth-order valence-electron chi connectivity index (χ4n) is 2.27. The maximum Gasteiger partial charge on any atom is 0.243 e. The van der Waals surface area contributed by atoms with Crippen LogP contribution in [0.25, 0.3) is 0 Å². The standard InChI is InChI=1S/C12H19N3O4S2.ClH/c1-15(12(8-13)9-5-6-9)21(18,19)11-4-2-3-10(7-11)20(14,16)17;/h2-4,7,9,12H,5-6,8,13H2,1H3,(H2,14,16,17);1H. The summed E-state index contributed by atoms with van der Waals surface area (Å²) in [5.41, 5.74) is 5.67. The number of halogens is 1. The molecule has 1 aromatic carbocycles. The summed E-state index contributed by atoms with van der Waals surface area (Å²) < 4.78 is 49.1. The van der Waals surface area contributed by atoms with Gasteiger partial charge in [0.25, 0.3) is 0 Å². The molecule has 1 aromatic rings. The zero-order valence-electron chi connectivity index (χ0n) is 12.0. The van der Waals surface area contributed by atoms with E-state index in [0.717, 1.165) is 18.9 Å². The van der Waals surface area contributed by atoms with E-state index >= 15 is 0 Å². The van der Waals surface area contributed by atoms with E-state index in [0.29, 0.717) is 0 Å². The predicted octanol–water partition coefficient (Wildman–Crippen LogP) is 0.114. The summed E-state index contributed by atoms with van der Waals surface area (Å²) in [5.74, 6) is 0.274. The van der Waals surface area contributed by atoms with Gasteiger partial charge in [-0.25, -0.2) is 22.0 Å². The molecule has 2 rings (SSSR count). The van der Waals surface area contributed by atoms with E-state index in [1.165, 1.54) is 29.6 Å². The smallest absolute Gasteiger partial charge is 0.243 e. The second kappa shape index (κ2) is 6.81. The van der Waals surface area contributed by atoms with Crippen molar-refractivity contribution < 1.29 is 16.8 Å². The summed E-state index contributed by atoms with van der Waals surface area (Å²) in [6.07, 6.45) is 1.91. The molecule has 0 spiro atoms.